The topological polar surface area (TPSA) is 98.1 Å². The minimum absolute atomic E-state index is 0.218. The van der Waals surface area contributed by atoms with E-state index < -0.39 is 10.0 Å². The molecule has 114 valence electrons. The maximum Gasteiger partial charge on any atom is 0.323 e. The zero-order valence-corrected chi connectivity index (χ0v) is 12.5. The molecule has 1 aliphatic heterocycles. The van der Waals surface area contributed by atoms with Gasteiger partial charge < -0.3 is 15.3 Å². The summed E-state index contributed by atoms with van der Waals surface area (Å²) in [6.45, 7) is 1.89. The smallest absolute Gasteiger partial charge is 0.319 e. The first-order chi connectivity index (χ1) is 10.0. The minimum Gasteiger partial charge on any atom is -0.319 e. The van der Waals surface area contributed by atoms with E-state index in [4.69, 9.17) is 0 Å². The molecule has 0 bridgehead atoms. The third kappa shape index (κ3) is 2.61. The Kier molecular flexibility index (Phi) is 3.60. The Balaban J connectivity index is 1.91. The number of imidazole rings is 1. The number of H-pyrrole nitrogens is 2. The van der Waals surface area contributed by atoms with E-state index in [-0.39, 0.29) is 10.6 Å². The SMILES string of the molecule is CNCC1CCN(S(=O)(=O)c2ccc3[nH]c(=O)[nH]c3c2)C1. The Hall–Kier alpha value is -1.64. The Morgan fingerprint density at radius 1 is 1.33 bits per heavy atom. The van der Waals surface area contributed by atoms with Crippen molar-refractivity contribution in [3.63, 3.8) is 0 Å². The number of aromatic amines is 2. The summed E-state index contributed by atoms with van der Waals surface area (Å²) >= 11 is 0. The number of benzene rings is 1. The summed E-state index contributed by atoms with van der Waals surface area (Å²) in [5, 5.41) is 3.08. The van der Waals surface area contributed by atoms with E-state index in [9.17, 15) is 13.2 Å². The van der Waals surface area contributed by atoms with Crippen molar-refractivity contribution in [1.29, 1.82) is 0 Å². The van der Waals surface area contributed by atoms with Crippen molar-refractivity contribution in [1.82, 2.24) is 19.6 Å². The molecule has 1 aromatic heterocycles. The lowest BCUT2D eigenvalue weighted by atomic mass is 10.1. The fraction of sp³-hybridized carbons (Fsp3) is 0.462. The number of hydrogen-bond donors (Lipinski definition) is 3. The fourth-order valence-corrected chi connectivity index (χ4v) is 4.35. The second-order valence-electron chi connectivity index (χ2n) is 5.36. The van der Waals surface area contributed by atoms with Crippen LogP contribution in [-0.4, -0.2) is 49.4 Å². The van der Waals surface area contributed by atoms with Gasteiger partial charge in [-0.3, -0.25) is 0 Å². The third-order valence-electron chi connectivity index (χ3n) is 3.87. The third-order valence-corrected chi connectivity index (χ3v) is 5.73. The van der Waals surface area contributed by atoms with Crippen LogP contribution in [0.2, 0.25) is 0 Å². The van der Waals surface area contributed by atoms with Crippen molar-refractivity contribution < 1.29 is 8.42 Å². The van der Waals surface area contributed by atoms with Crippen LogP contribution in [0.3, 0.4) is 0 Å². The van der Waals surface area contributed by atoms with E-state index in [2.05, 4.69) is 15.3 Å². The summed E-state index contributed by atoms with van der Waals surface area (Å²) < 4.78 is 26.8. The number of aromatic nitrogens is 2. The number of fused-ring (bicyclic) bond motifs is 1. The van der Waals surface area contributed by atoms with Crippen molar-refractivity contribution in [2.45, 2.75) is 11.3 Å². The summed E-state index contributed by atoms with van der Waals surface area (Å²) in [5.41, 5.74) is 0.773. The standard InChI is InChI=1S/C13H18N4O3S/c1-14-7-9-4-5-17(8-9)21(19,20)10-2-3-11-12(6-10)16-13(18)15-11/h2-3,6,9,14H,4-5,7-8H2,1H3,(H2,15,16,18). The summed E-state index contributed by atoms with van der Waals surface area (Å²) in [6, 6.07) is 4.65. The molecule has 1 saturated heterocycles. The largest absolute Gasteiger partial charge is 0.323 e. The van der Waals surface area contributed by atoms with E-state index >= 15 is 0 Å². The van der Waals surface area contributed by atoms with Gasteiger partial charge in [-0.2, -0.15) is 4.31 Å². The highest BCUT2D eigenvalue weighted by Crippen LogP contribution is 2.25. The average molecular weight is 310 g/mol. The molecule has 1 aliphatic rings. The van der Waals surface area contributed by atoms with Crippen LogP contribution in [0.25, 0.3) is 11.0 Å². The molecule has 8 heteroatoms. The predicted molar refractivity (Wildman–Crippen MR) is 79.7 cm³/mol. The Bertz CT molecular complexity index is 808. The highest BCUT2D eigenvalue weighted by atomic mass is 32.2. The molecule has 1 unspecified atom stereocenters. The van der Waals surface area contributed by atoms with Crippen molar-refractivity contribution in [2.75, 3.05) is 26.7 Å². The van der Waals surface area contributed by atoms with Gasteiger partial charge in [0.1, 0.15) is 0 Å². The van der Waals surface area contributed by atoms with E-state index in [1.165, 1.54) is 16.4 Å². The normalized spacial score (nSPS) is 20.3. The number of nitrogens with one attached hydrogen (secondary N) is 3. The molecule has 1 fully saturated rings. The summed E-state index contributed by atoms with van der Waals surface area (Å²) in [6.07, 6.45) is 0.864. The molecule has 3 N–H and O–H groups in total. The van der Waals surface area contributed by atoms with Gasteiger partial charge in [-0.25, -0.2) is 13.2 Å². The van der Waals surface area contributed by atoms with E-state index in [0.717, 1.165) is 13.0 Å². The highest BCUT2D eigenvalue weighted by Gasteiger charge is 2.32. The first-order valence-electron chi connectivity index (χ1n) is 6.87. The zero-order chi connectivity index (χ0) is 15.0. The van der Waals surface area contributed by atoms with Crippen LogP contribution in [0.1, 0.15) is 6.42 Å². The van der Waals surface area contributed by atoms with Gasteiger partial charge >= 0.3 is 5.69 Å². The van der Waals surface area contributed by atoms with Crippen molar-refractivity contribution >= 4 is 21.1 Å². The lowest BCUT2D eigenvalue weighted by Gasteiger charge is -2.16. The molecule has 1 aromatic carbocycles. The Morgan fingerprint density at radius 3 is 2.86 bits per heavy atom. The van der Waals surface area contributed by atoms with E-state index in [0.29, 0.717) is 30.0 Å². The molecule has 0 spiro atoms. The average Bonchev–Trinajstić information content (AvgIpc) is 3.03. The van der Waals surface area contributed by atoms with Gasteiger partial charge in [0.05, 0.1) is 15.9 Å². The van der Waals surface area contributed by atoms with Crippen LogP contribution in [-0.2, 0) is 10.0 Å². The summed E-state index contributed by atoms with van der Waals surface area (Å²) in [4.78, 5) is 16.7. The fourth-order valence-electron chi connectivity index (χ4n) is 2.79. The Morgan fingerprint density at radius 2 is 2.10 bits per heavy atom. The first kappa shape index (κ1) is 14.3. The predicted octanol–water partition coefficient (Wildman–Crippen LogP) is 0.0862. The molecule has 2 heterocycles. The number of hydrogen-bond acceptors (Lipinski definition) is 4. The monoisotopic (exact) mass is 310 g/mol. The van der Waals surface area contributed by atoms with Crippen LogP contribution < -0.4 is 11.0 Å². The molecule has 1 atom stereocenters. The molecule has 0 aliphatic carbocycles. The molecular weight excluding hydrogens is 292 g/mol. The van der Waals surface area contributed by atoms with Crippen LogP contribution in [0.4, 0.5) is 0 Å². The van der Waals surface area contributed by atoms with Gasteiger partial charge in [-0.1, -0.05) is 0 Å². The highest BCUT2D eigenvalue weighted by molar-refractivity contribution is 7.89. The van der Waals surface area contributed by atoms with Gasteiger partial charge in [0.25, 0.3) is 0 Å². The van der Waals surface area contributed by atoms with Crippen molar-refractivity contribution in [2.24, 2.45) is 5.92 Å². The number of nitrogens with zero attached hydrogens (tertiary/aromatic N) is 1. The van der Waals surface area contributed by atoms with Crippen molar-refractivity contribution in [3.05, 3.63) is 28.7 Å². The summed E-state index contributed by atoms with van der Waals surface area (Å²) in [5.74, 6) is 0.348. The van der Waals surface area contributed by atoms with Crippen LogP contribution >= 0.6 is 0 Å². The molecule has 7 nitrogen and oxygen atoms in total. The number of rotatable bonds is 4. The molecule has 0 amide bonds. The second-order valence-corrected chi connectivity index (χ2v) is 7.30. The quantitative estimate of drug-likeness (QED) is 0.745. The maximum atomic E-state index is 12.6. The molecule has 21 heavy (non-hydrogen) atoms. The van der Waals surface area contributed by atoms with Gasteiger partial charge in [0.2, 0.25) is 10.0 Å². The lowest BCUT2D eigenvalue weighted by Crippen LogP contribution is -2.30. The van der Waals surface area contributed by atoms with E-state index in [1.54, 1.807) is 6.07 Å². The van der Waals surface area contributed by atoms with Gasteiger partial charge in [0, 0.05) is 13.1 Å². The zero-order valence-electron chi connectivity index (χ0n) is 11.7. The second kappa shape index (κ2) is 5.28. The minimum atomic E-state index is -3.50. The Labute approximate surface area is 122 Å². The summed E-state index contributed by atoms with van der Waals surface area (Å²) in [7, 11) is -1.63. The molecule has 0 saturated carbocycles. The molecule has 3 rings (SSSR count). The van der Waals surface area contributed by atoms with Crippen LogP contribution in [0, 0.1) is 5.92 Å². The van der Waals surface area contributed by atoms with E-state index in [1.807, 2.05) is 7.05 Å². The lowest BCUT2D eigenvalue weighted by molar-refractivity contribution is 0.451. The van der Waals surface area contributed by atoms with Crippen molar-refractivity contribution in [3.8, 4) is 0 Å². The first-order valence-corrected chi connectivity index (χ1v) is 8.31. The maximum absolute atomic E-state index is 12.6. The molecule has 2 aromatic rings. The number of sulfonamides is 1. The van der Waals surface area contributed by atoms with Crippen LogP contribution in [0.15, 0.2) is 27.9 Å². The van der Waals surface area contributed by atoms with Gasteiger partial charge in [0.15, 0.2) is 0 Å². The van der Waals surface area contributed by atoms with Crippen LogP contribution in [0.5, 0.6) is 0 Å². The van der Waals surface area contributed by atoms with Gasteiger partial charge in [-0.05, 0) is 44.1 Å². The van der Waals surface area contributed by atoms with Gasteiger partial charge in [-0.15, -0.1) is 0 Å². The molecule has 0 radical (unpaired) electrons. The molecular formula is C13H18N4O3S.